The van der Waals surface area contributed by atoms with Gasteiger partial charge in [-0.2, -0.15) is 22.7 Å². The van der Waals surface area contributed by atoms with Gasteiger partial charge in [0.1, 0.15) is 0 Å². The molecule has 3 aromatic heterocycles. The fourth-order valence-electron chi connectivity index (χ4n) is 2.73. The van der Waals surface area contributed by atoms with Crippen LogP contribution in [0.5, 0.6) is 0 Å². The molecule has 3 heterocycles. The molecule has 0 saturated heterocycles. The Balaban J connectivity index is 1.83. The van der Waals surface area contributed by atoms with Crippen LogP contribution in [0.15, 0.2) is 76.1 Å². The average molecular weight is 321 g/mol. The molecular weight excluding hydrogens is 306 g/mol. The third-order valence-electron chi connectivity index (χ3n) is 3.80. The summed E-state index contributed by atoms with van der Waals surface area (Å²) in [5.41, 5.74) is 6.48. The van der Waals surface area contributed by atoms with Gasteiger partial charge in [0, 0.05) is 39.8 Å². The number of benzene rings is 1. The van der Waals surface area contributed by atoms with Crippen molar-refractivity contribution < 1.29 is 0 Å². The second-order valence-electron chi connectivity index (χ2n) is 5.20. The molecule has 22 heavy (non-hydrogen) atoms. The number of hydrogen-bond donors (Lipinski definition) is 0. The Morgan fingerprint density at radius 3 is 1.77 bits per heavy atom. The van der Waals surface area contributed by atoms with Gasteiger partial charge in [0.25, 0.3) is 0 Å². The monoisotopic (exact) mass is 321 g/mol. The van der Waals surface area contributed by atoms with Gasteiger partial charge >= 0.3 is 0 Å². The second kappa shape index (κ2) is 5.95. The van der Waals surface area contributed by atoms with Gasteiger partial charge in [-0.3, -0.25) is 0 Å². The summed E-state index contributed by atoms with van der Waals surface area (Å²) in [6.45, 7) is 0.893. The van der Waals surface area contributed by atoms with E-state index in [1.165, 1.54) is 28.1 Å². The van der Waals surface area contributed by atoms with Crippen LogP contribution >= 0.6 is 22.7 Å². The Bertz CT molecular complexity index is 789. The summed E-state index contributed by atoms with van der Waals surface area (Å²) in [6, 6.07) is 19.5. The van der Waals surface area contributed by atoms with Crippen molar-refractivity contribution in [2.24, 2.45) is 0 Å². The van der Waals surface area contributed by atoms with Crippen LogP contribution in [0, 0.1) is 0 Å². The van der Waals surface area contributed by atoms with Gasteiger partial charge < -0.3 is 4.57 Å². The SMILES string of the molecule is c1ccc(Cn2c(-c3ccsc3)ccc2-c2ccsc2)cc1. The highest BCUT2D eigenvalue weighted by Gasteiger charge is 2.12. The molecule has 1 nitrogen and oxygen atoms in total. The van der Waals surface area contributed by atoms with Crippen molar-refractivity contribution in [3.8, 4) is 22.5 Å². The summed E-state index contributed by atoms with van der Waals surface area (Å²) in [5, 5.41) is 8.71. The number of thiophene rings is 2. The van der Waals surface area contributed by atoms with Crippen LogP contribution in [0.1, 0.15) is 5.56 Å². The van der Waals surface area contributed by atoms with Crippen molar-refractivity contribution in [2.75, 3.05) is 0 Å². The maximum absolute atomic E-state index is 2.42. The molecule has 0 fully saturated rings. The Labute approximate surface area is 138 Å². The first kappa shape index (κ1) is 13.6. The molecule has 0 unspecified atom stereocenters. The molecule has 0 aliphatic carbocycles. The van der Waals surface area contributed by atoms with Gasteiger partial charge in [-0.1, -0.05) is 30.3 Å². The summed E-state index contributed by atoms with van der Waals surface area (Å²) in [5.74, 6) is 0. The molecule has 108 valence electrons. The highest BCUT2D eigenvalue weighted by Crippen LogP contribution is 2.32. The van der Waals surface area contributed by atoms with Crippen LogP contribution in [0.3, 0.4) is 0 Å². The van der Waals surface area contributed by atoms with E-state index < -0.39 is 0 Å². The van der Waals surface area contributed by atoms with E-state index in [0.29, 0.717) is 0 Å². The summed E-state index contributed by atoms with van der Waals surface area (Å²) < 4.78 is 2.42. The molecule has 0 amide bonds. The number of hydrogen-bond acceptors (Lipinski definition) is 2. The van der Waals surface area contributed by atoms with E-state index >= 15 is 0 Å². The molecule has 0 saturated carbocycles. The first-order valence-electron chi connectivity index (χ1n) is 7.20. The zero-order valence-electron chi connectivity index (χ0n) is 12.0. The lowest BCUT2D eigenvalue weighted by Gasteiger charge is -2.13. The van der Waals surface area contributed by atoms with Crippen molar-refractivity contribution in [1.82, 2.24) is 4.57 Å². The molecule has 4 aromatic rings. The molecule has 0 bridgehead atoms. The van der Waals surface area contributed by atoms with Crippen molar-refractivity contribution in [3.63, 3.8) is 0 Å². The van der Waals surface area contributed by atoms with Gasteiger partial charge in [-0.25, -0.2) is 0 Å². The van der Waals surface area contributed by atoms with Crippen LogP contribution in [0.2, 0.25) is 0 Å². The fourth-order valence-corrected chi connectivity index (χ4v) is 4.03. The second-order valence-corrected chi connectivity index (χ2v) is 6.76. The zero-order valence-corrected chi connectivity index (χ0v) is 13.6. The lowest BCUT2D eigenvalue weighted by atomic mass is 10.2. The van der Waals surface area contributed by atoms with E-state index in [4.69, 9.17) is 0 Å². The highest BCUT2D eigenvalue weighted by molar-refractivity contribution is 7.08. The van der Waals surface area contributed by atoms with E-state index in [-0.39, 0.29) is 0 Å². The van der Waals surface area contributed by atoms with Crippen LogP contribution in [0.4, 0.5) is 0 Å². The third-order valence-corrected chi connectivity index (χ3v) is 5.16. The fraction of sp³-hybridized carbons (Fsp3) is 0.0526. The van der Waals surface area contributed by atoms with E-state index in [1.807, 2.05) is 0 Å². The standard InChI is InChI=1S/C19H15NS2/c1-2-4-15(5-3-1)12-20-18(16-8-10-21-13-16)6-7-19(20)17-9-11-22-14-17/h1-11,13-14H,12H2. The summed E-state index contributed by atoms with van der Waals surface area (Å²) >= 11 is 3.49. The summed E-state index contributed by atoms with van der Waals surface area (Å²) in [4.78, 5) is 0. The Kier molecular flexibility index (Phi) is 3.67. The topological polar surface area (TPSA) is 4.93 Å². The number of rotatable bonds is 4. The van der Waals surface area contributed by atoms with Gasteiger partial charge in [-0.05, 0) is 40.6 Å². The van der Waals surface area contributed by atoms with E-state index in [9.17, 15) is 0 Å². The molecule has 4 rings (SSSR count). The van der Waals surface area contributed by atoms with Crippen molar-refractivity contribution in [2.45, 2.75) is 6.54 Å². The van der Waals surface area contributed by atoms with Crippen molar-refractivity contribution in [1.29, 1.82) is 0 Å². The quantitative estimate of drug-likeness (QED) is 0.435. The minimum Gasteiger partial charge on any atom is -0.336 e. The maximum Gasteiger partial charge on any atom is 0.0496 e. The lowest BCUT2D eigenvalue weighted by molar-refractivity contribution is 0.823. The largest absolute Gasteiger partial charge is 0.336 e. The minimum absolute atomic E-state index is 0.893. The number of nitrogens with zero attached hydrogens (tertiary/aromatic N) is 1. The normalized spacial score (nSPS) is 10.9. The molecule has 0 aliphatic heterocycles. The van der Waals surface area contributed by atoms with Crippen LogP contribution in [-0.4, -0.2) is 4.57 Å². The molecule has 0 spiro atoms. The van der Waals surface area contributed by atoms with Gasteiger partial charge in [0.05, 0.1) is 0 Å². The van der Waals surface area contributed by atoms with E-state index in [2.05, 4.69) is 80.7 Å². The van der Waals surface area contributed by atoms with Crippen LogP contribution < -0.4 is 0 Å². The highest BCUT2D eigenvalue weighted by atomic mass is 32.1. The summed E-state index contributed by atoms with van der Waals surface area (Å²) in [7, 11) is 0. The molecule has 0 aliphatic rings. The van der Waals surface area contributed by atoms with Gasteiger partial charge in [-0.15, -0.1) is 0 Å². The molecule has 0 N–H and O–H groups in total. The first-order valence-corrected chi connectivity index (χ1v) is 9.09. The average Bonchev–Trinajstić information content (AvgIpc) is 3.29. The molecule has 1 aromatic carbocycles. The molecule has 0 atom stereocenters. The molecule has 3 heteroatoms. The van der Waals surface area contributed by atoms with Gasteiger partial charge in [0.15, 0.2) is 0 Å². The Morgan fingerprint density at radius 1 is 0.682 bits per heavy atom. The summed E-state index contributed by atoms with van der Waals surface area (Å²) in [6.07, 6.45) is 0. The van der Waals surface area contributed by atoms with E-state index in [1.54, 1.807) is 22.7 Å². The third kappa shape index (κ3) is 2.54. The van der Waals surface area contributed by atoms with Crippen molar-refractivity contribution in [3.05, 3.63) is 81.7 Å². The van der Waals surface area contributed by atoms with E-state index in [0.717, 1.165) is 6.54 Å². The maximum atomic E-state index is 2.42. The predicted molar refractivity (Wildman–Crippen MR) is 96.6 cm³/mol. The van der Waals surface area contributed by atoms with Crippen molar-refractivity contribution >= 4 is 22.7 Å². The molecule has 0 radical (unpaired) electrons. The Morgan fingerprint density at radius 2 is 1.27 bits per heavy atom. The predicted octanol–water partition coefficient (Wildman–Crippen LogP) is 5.99. The zero-order chi connectivity index (χ0) is 14.8. The number of aromatic nitrogens is 1. The molecular formula is C19H15NS2. The van der Waals surface area contributed by atoms with Crippen LogP contribution in [-0.2, 0) is 6.54 Å². The minimum atomic E-state index is 0.893. The lowest BCUT2D eigenvalue weighted by Crippen LogP contribution is -2.03. The van der Waals surface area contributed by atoms with Gasteiger partial charge in [0.2, 0.25) is 0 Å². The smallest absolute Gasteiger partial charge is 0.0496 e. The van der Waals surface area contributed by atoms with Crippen LogP contribution in [0.25, 0.3) is 22.5 Å². The first-order chi connectivity index (χ1) is 10.9. The Hall–Kier alpha value is -2.10.